The lowest BCUT2D eigenvalue weighted by Gasteiger charge is -2.39. The van der Waals surface area contributed by atoms with Gasteiger partial charge in [-0.15, -0.1) is 11.8 Å². The Morgan fingerprint density at radius 3 is 2.51 bits per heavy atom. The van der Waals surface area contributed by atoms with Gasteiger partial charge in [-0.05, 0) is 135 Å². The van der Waals surface area contributed by atoms with Gasteiger partial charge in [0.1, 0.15) is 6.04 Å². The van der Waals surface area contributed by atoms with Gasteiger partial charge in [-0.3, -0.25) is 44.1 Å². The van der Waals surface area contributed by atoms with Crippen molar-refractivity contribution in [3.05, 3.63) is 107 Å². The molecule has 5 amide bonds. The summed E-state index contributed by atoms with van der Waals surface area (Å²) in [5.74, 6) is -0.303. The molecule has 0 bridgehead atoms. The van der Waals surface area contributed by atoms with Crippen molar-refractivity contribution in [2.75, 3.05) is 36.1 Å². The number of fused-ring (bicyclic) bond motifs is 4. The van der Waals surface area contributed by atoms with E-state index in [9.17, 15) is 29.1 Å². The summed E-state index contributed by atoms with van der Waals surface area (Å²) < 4.78 is 0. The molecule has 1 unspecified atom stereocenters. The summed E-state index contributed by atoms with van der Waals surface area (Å²) in [5.41, 5.74) is 7.13. The number of imide groups is 2. The van der Waals surface area contributed by atoms with Gasteiger partial charge in [0.05, 0.1) is 23.8 Å². The molecule has 4 atom stereocenters. The Morgan fingerprint density at radius 2 is 1.70 bits per heavy atom. The van der Waals surface area contributed by atoms with E-state index in [-0.39, 0.29) is 37.4 Å². The zero-order chi connectivity index (χ0) is 43.5. The average Bonchev–Trinajstić information content (AvgIpc) is 3.83. The molecule has 63 heavy (non-hydrogen) atoms. The molecule has 0 radical (unpaired) electrons. The summed E-state index contributed by atoms with van der Waals surface area (Å²) in [6.45, 7) is 2.65. The van der Waals surface area contributed by atoms with Gasteiger partial charge in [-0.2, -0.15) is 0 Å². The van der Waals surface area contributed by atoms with Crippen LogP contribution in [0.25, 0.3) is 11.1 Å². The first kappa shape index (κ1) is 42.9. The highest BCUT2D eigenvalue weighted by Gasteiger charge is 2.46. The number of piperidine rings is 1. The average molecular weight is 870 g/mol. The summed E-state index contributed by atoms with van der Waals surface area (Å²) in [6.07, 6.45) is 11.7. The number of amides is 5. The molecule has 5 N–H and O–H groups in total. The molecule has 9 rings (SSSR count). The fourth-order valence-corrected chi connectivity index (χ4v) is 11.4. The maximum atomic E-state index is 13.4. The number of pyridine rings is 1. The molecule has 5 heterocycles. The quantitative estimate of drug-likeness (QED) is 0.0499. The van der Waals surface area contributed by atoms with Gasteiger partial charge < -0.3 is 21.1 Å². The number of aromatic nitrogens is 1. The molecular weight excluding hydrogens is 815 g/mol. The van der Waals surface area contributed by atoms with Gasteiger partial charge in [0, 0.05) is 78.3 Å². The minimum atomic E-state index is -0.976. The first-order valence-corrected chi connectivity index (χ1v) is 23.5. The van der Waals surface area contributed by atoms with E-state index in [1.807, 2.05) is 30.6 Å². The molecular formula is C49H55N7O6S. The van der Waals surface area contributed by atoms with Crippen LogP contribution in [0.5, 0.6) is 0 Å². The Bertz CT molecular complexity index is 2370. The molecule has 3 aromatic carbocycles. The molecule has 4 aromatic rings. The second-order valence-electron chi connectivity index (χ2n) is 17.6. The van der Waals surface area contributed by atoms with Crippen molar-refractivity contribution in [1.29, 1.82) is 0 Å². The van der Waals surface area contributed by atoms with E-state index in [0.29, 0.717) is 35.4 Å². The number of aliphatic hydroxyl groups excluding tert-OH is 1. The van der Waals surface area contributed by atoms with E-state index in [1.165, 1.54) is 22.9 Å². The third-order valence-corrected chi connectivity index (χ3v) is 14.7. The largest absolute Gasteiger partial charge is 0.394 e. The number of anilines is 2. The van der Waals surface area contributed by atoms with Crippen LogP contribution in [0.15, 0.2) is 90.1 Å². The first-order chi connectivity index (χ1) is 30.7. The van der Waals surface area contributed by atoms with E-state index in [0.717, 1.165) is 103 Å². The van der Waals surface area contributed by atoms with Gasteiger partial charge in [-0.1, -0.05) is 24.3 Å². The molecule has 1 saturated carbocycles. The second-order valence-corrected chi connectivity index (χ2v) is 18.8. The number of nitrogens with zero attached hydrogens (tertiary/aromatic N) is 3. The van der Waals surface area contributed by atoms with Crippen LogP contribution in [-0.2, 0) is 20.9 Å². The molecule has 1 aliphatic carbocycles. The molecule has 328 valence electrons. The van der Waals surface area contributed by atoms with Crippen LogP contribution in [0.4, 0.5) is 11.4 Å². The number of rotatable bonds is 15. The third-order valence-electron chi connectivity index (χ3n) is 13.7. The van der Waals surface area contributed by atoms with Gasteiger partial charge in [0.2, 0.25) is 17.7 Å². The van der Waals surface area contributed by atoms with Crippen LogP contribution >= 0.6 is 11.8 Å². The molecule has 3 fully saturated rings. The molecule has 14 heteroatoms. The highest BCUT2D eigenvalue weighted by molar-refractivity contribution is 7.99. The van der Waals surface area contributed by atoms with E-state index in [4.69, 9.17) is 0 Å². The predicted octanol–water partition coefficient (Wildman–Crippen LogP) is 6.55. The summed E-state index contributed by atoms with van der Waals surface area (Å²) in [4.78, 5) is 72.3. The standard InChI is InChI=1S/C49H55N7O6S/c57-29-40-36-20-24-55(28-31-18-21-50-22-19-31)46(36)38-27-33(12-15-39(38)53-40)32-5-2-6-35(26-32)52-43(58)9-1-4-30-10-13-34(14-11-30)51-23-25-63-42-8-3-7-37-45(42)49(62)56(48(37)61)41-16-17-44(59)54-47(41)60/h2-3,5-8,12,15,18-19,21-22,26-27,30,34,36,40-41,46,51,53,57H,1,4,9-11,13-14,16-17,20,23-25,28-29H2,(H,52,58)(H,54,59,60)/t30?,34?,36-,40-,41?,46-/m1/s1. The van der Waals surface area contributed by atoms with Gasteiger partial charge in [-0.25, -0.2) is 0 Å². The van der Waals surface area contributed by atoms with E-state index in [2.05, 4.69) is 73.6 Å². The lowest BCUT2D eigenvalue weighted by Crippen LogP contribution is -2.54. The minimum absolute atomic E-state index is 0.0149. The monoisotopic (exact) mass is 869 g/mol. The Balaban J connectivity index is 0.713. The molecule has 0 spiro atoms. The van der Waals surface area contributed by atoms with Crippen LogP contribution in [0, 0.1) is 11.8 Å². The fourth-order valence-electron chi connectivity index (χ4n) is 10.5. The Hall–Kier alpha value is -5.41. The Kier molecular flexibility index (Phi) is 13.0. The number of aliphatic hydroxyl groups is 1. The lowest BCUT2D eigenvalue weighted by atomic mass is 9.82. The Morgan fingerprint density at radius 1 is 0.889 bits per heavy atom. The van der Waals surface area contributed by atoms with Gasteiger partial charge in [0.15, 0.2) is 0 Å². The first-order valence-electron chi connectivity index (χ1n) is 22.5. The number of carbonyl (C=O) groups excluding carboxylic acids is 5. The molecule has 1 aromatic heterocycles. The molecule has 5 aliphatic rings. The van der Waals surface area contributed by atoms with E-state index in [1.54, 1.807) is 12.1 Å². The number of likely N-dealkylation sites (tertiary alicyclic amines) is 1. The lowest BCUT2D eigenvalue weighted by molar-refractivity contribution is -0.136. The van der Waals surface area contributed by atoms with Gasteiger partial charge >= 0.3 is 0 Å². The van der Waals surface area contributed by atoms with Gasteiger partial charge in [0.25, 0.3) is 11.8 Å². The van der Waals surface area contributed by atoms with Crippen LogP contribution < -0.4 is 21.3 Å². The van der Waals surface area contributed by atoms with Crippen molar-refractivity contribution in [3.63, 3.8) is 0 Å². The number of hydrogen-bond donors (Lipinski definition) is 5. The zero-order valence-electron chi connectivity index (χ0n) is 35.4. The van der Waals surface area contributed by atoms with Crippen LogP contribution in [-0.4, -0.2) is 93.0 Å². The highest BCUT2D eigenvalue weighted by Crippen LogP contribution is 2.48. The topological polar surface area (TPSA) is 173 Å². The van der Waals surface area contributed by atoms with Crippen molar-refractivity contribution >= 4 is 52.7 Å². The smallest absolute Gasteiger partial charge is 0.263 e. The SMILES string of the molecule is O=C1CCC(N2C(=O)c3cccc(SCCNC4CCC(CCCC(=O)Nc5cccc(-c6ccc7c(c6)[C@H]6[C@H](CCN6Cc6ccncc6)[C@@H](CO)N7)c5)CC4)c3C2=O)C(=O)N1. The maximum Gasteiger partial charge on any atom is 0.263 e. The van der Waals surface area contributed by atoms with Crippen molar-refractivity contribution in [2.24, 2.45) is 11.8 Å². The van der Waals surface area contributed by atoms with Crippen molar-refractivity contribution < 1.29 is 29.1 Å². The summed E-state index contributed by atoms with van der Waals surface area (Å²) in [5, 5.41) is 23.0. The summed E-state index contributed by atoms with van der Waals surface area (Å²) >= 11 is 1.53. The molecule has 2 saturated heterocycles. The van der Waals surface area contributed by atoms with E-state index >= 15 is 0 Å². The maximum absolute atomic E-state index is 13.4. The Labute approximate surface area is 372 Å². The highest BCUT2D eigenvalue weighted by atomic mass is 32.2. The number of benzene rings is 3. The van der Waals surface area contributed by atoms with Crippen LogP contribution in [0.2, 0.25) is 0 Å². The fraction of sp³-hybridized carbons (Fsp3) is 0.429. The predicted molar refractivity (Wildman–Crippen MR) is 242 cm³/mol. The zero-order valence-corrected chi connectivity index (χ0v) is 36.2. The van der Waals surface area contributed by atoms with E-state index < -0.39 is 29.7 Å². The number of nitrogens with one attached hydrogen (secondary N) is 4. The van der Waals surface area contributed by atoms with Crippen molar-refractivity contribution in [1.82, 2.24) is 25.4 Å². The molecule has 13 nitrogen and oxygen atoms in total. The minimum Gasteiger partial charge on any atom is -0.394 e. The van der Waals surface area contributed by atoms with Crippen molar-refractivity contribution in [3.8, 4) is 11.1 Å². The second kappa shape index (κ2) is 19.1. The summed E-state index contributed by atoms with van der Waals surface area (Å²) in [7, 11) is 0. The number of thioether (sulfide) groups is 1. The molecule has 4 aliphatic heterocycles. The summed E-state index contributed by atoms with van der Waals surface area (Å²) in [6, 6.07) is 23.7. The van der Waals surface area contributed by atoms with Crippen LogP contribution in [0.1, 0.15) is 102 Å². The number of hydrogen-bond acceptors (Lipinski definition) is 11. The third kappa shape index (κ3) is 9.31. The normalized spacial score (nSPS) is 24.4. The van der Waals surface area contributed by atoms with Crippen molar-refractivity contribution in [2.45, 2.75) is 99.8 Å². The number of carbonyl (C=O) groups is 5. The van der Waals surface area contributed by atoms with Crippen LogP contribution in [0.3, 0.4) is 0 Å².